The van der Waals surface area contributed by atoms with Crippen LogP contribution in [0.5, 0.6) is 0 Å². The van der Waals surface area contributed by atoms with E-state index in [1.807, 2.05) is 64.8 Å². The van der Waals surface area contributed by atoms with Crippen molar-refractivity contribution in [2.24, 2.45) is 7.05 Å². The lowest BCUT2D eigenvalue weighted by Crippen LogP contribution is -2.28. The van der Waals surface area contributed by atoms with E-state index in [0.29, 0.717) is 28.9 Å². The Morgan fingerprint density at radius 1 is 1.06 bits per heavy atom. The summed E-state index contributed by atoms with van der Waals surface area (Å²) < 4.78 is 5.03. The highest BCUT2D eigenvalue weighted by Crippen LogP contribution is 2.29. The molecule has 0 aliphatic heterocycles. The van der Waals surface area contributed by atoms with Crippen LogP contribution in [0.4, 0.5) is 0 Å². The maximum atomic E-state index is 13.6. The lowest BCUT2D eigenvalue weighted by Gasteiger charge is -2.17. The minimum absolute atomic E-state index is 0.197. The molecule has 9 heteroatoms. The van der Waals surface area contributed by atoms with Crippen LogP contribution in [0.2, 0.25) is 0 Å². The van der Waals surface area contributed by atoms with Gasteiger partial charge in [-0.2, -0.15) is 5.10 Å². The molecule has 0 aliphatic rings. The number of thiophene rings is 1. The first-order valence-corrected chi connectivity index (χ1v) is 12.3. The molecule has 0 unspecified atom stereocenters. The molecular formula is C27H22N6O2S. The first kappa shape index (κ1) is 22.0. The Labute approximate surface area is 210 Å². The number of fused-ring (bicyclic) bond motifs is 2. The number of pyridine rings is 1. The number of para-hydroxylation sites is 1. The maximum Gasteiger partial charge on any atom is 0.270 e. The Hall–Kier alpha value is -4.50. The molecule has 178 valence electrons. The topological polar surface area (TPSA) is 77.4 Å². The highest BCUT2D eigenvalue weighted by molar-refractivity contribution is 7.13. The van der Waals surface area contributed by atoms with E-state index in [1.165, 1.54) is 4.40 Å². The number of rotatable bonds is 5. The van der Waals surface area contributed by atoms with Crippen LogP contribution in [0, 0.1) is 0 Å². The summed E-state index contributed by atoms with van der Waals surface area (Å²) in [6.07, 6.45) is 3.65. The normalized spacial score (nSPS) is 11.4. The average molecular weight is 495 g/mol. The van der Waals surface area contributed by atoms with Crippen molar-refractivity contribution in [1.82, 2.24) is 28.6 Å². The highest BCUT2D eigenvalue weighted by Gasteiger charge is 2.23. The highest BCUT2D eigenvalue weighted by atomic mass is 32.1. The van der Waals surface area contributed by atoms with Gasteiger partial charge in [-0.25, -0.2) is 9.67 Å². The van der Waals surface area contributed by atoms with Gasteiger partial charge in [0.1, 0.15) is 22.7 Å². The molecule has 5 aromatic heterocycles. The molecule has 36 heavy (non-hydrogen) atoms. The van der Waals surface area contributed by atoms with Crippen molar-refractivity contribution in [1.29, 1.82) is 0 Å². The van der Waals surface area contributed by atoms with Crippen molar-refractivity contribution < 1.29 is 4.79 Å². The van der Waals surface area contributed by atoms with Crippen LogP contribution in [0.25, 0.3) is 32.9 Å². The number of nitrogens with zero attached hydrogens (tertiary/aromatic N) is 6. The standard InChI is InChI=1S/C27H22N6O2S/c1-30(16-18-17-33(19-9-4-3-5-10-19)29-24(18)22-11-8-14-36-22)27(35)21-15-20-25(31(21)2)28-23-12-6-7-13-32(23)26(20)34/h3-15,17H,16H2,1-2H3. The minimum atomic E-state index is -0.200. The van der Waals surface area contributed by atoms with E-state index in [1.54, 1.807) is 59.3 Å². The van der Waals surface area contributed by atoms with Crippen molar-refractivity contribution in [2.75, 3.05) is 7.05 Å². The van der Waals surface area contributed by atoms with E-state index in [-0.39, 0.29) is 11.5 Å². The number of carbonyl (C=O) groups is 1. The van der Waals surface area contributed by atoms with Gasteiger partial charge in [-0.1, -0.05) is 30.3 Å². The van der Waals surface area contributed by atoms with Crippen molar-refractivity contribution in [2.45, 2.75) is 6.54 Å². The number of aryl methyl sites for hydroxylation is 1. The van der Waals surface area contributed by atoms with Crippen LogP contribution in [0.3, 0.4) is 0 Å². The monoisotopic (exact) mass is 494 g/mol. The van der Waals surface area contributed by atoms with Gasteiger partial charge >= 0.3 is 0 Å². The van der Waals surface area contributed by atoms with Crippen LogP contribution in [0.15, 0.2) is 89.3 Å². The summed E-state index contributed by atoms with van der Waals surface area (Å²) in [4.78, 5) is 33.9. The predicted molar refractivity (Wildman–Crippen MR) is 141 cm³/mol. The number of carbonyl (C=O) groups excluding carboxylic acids is 1. The third kappa shape index (κ3) is 3.61. The van der Waals surface area contributed by atoms with E-state index < -0.39 is 0 Å². The summed E-state index contributed by atoms with van der Waals surface area (Å²) >= 11 is 1.61. The largest absolute Gasteiger partial charge is 0.336 e. The zero-order valence-corrected chi connectivity index (χ0v) is 20.5. The fourth-order valence-electron chi connectivity index (χ4n) is 4.41. The first-order valence-electron chi connectivity index (χ1n) is 11.4. The Balaban J connectivity index is 1.37. The molecule has 0 fully saturated rings. The van der Waals surface area contributed by atoms with Crippen LogP contribution < -0.4 is 5.56 Å². The second kappa shape index (κ2) is 8.62. The third-order valence-corrected chi connectivity index (χ3v) is 7.12. The molecule has 6 rings (SSSR count). The molecule has 0 N–H and O–H groups in total. The molecule has 1 aromatic carbocycles. The van der Waals surface area contributed by atoms with Crippen LogP contribution in [-0.2, 0) is 13.6 Å². The molecule has 0 atom stereocenters. The van der Waals surface area contributed by atoms with Gasteiger partial charge < -0.3 is 9.47 Å². The van der Waals surface area contributed by atoms with E-state index in [2.05, 4.69) is 4.98 Å². The van der Waals surface area contributed by atoms with Gasteiger partial charge in [0.2, 0.25) is 0 Å². The van der Waals surface area contributed by atoms with Gasteiger partial charge in [-0.3, -0.25) is 14.0 Å². The molecule has 0 saturated heterocycles. The average Bonchev–Trinajstić information content (AvgIpc) is 3.64. The van der Waals surface area contributed by atoms with Gasteiger partial charge in [0.15, 0.2) is 0 Å². The minimum Gasteiger partial charge on any atom is -0.336 e. The lowest BCUT2D eigenvalue weighted by atomic mass is 10.2. The van der Waals surface area contributed by atoms with Gasteiger partial charge in [0.05, 0.1) is 16.0 Å². The van der Waals surface area contributed by atoms with E-state index >= 15 is 0 Å². The molecule has 0 saturated carbocycles. The smallest absolute Gasteiger partial charge is 0.270 e. The van der Waals surface area contributed by atoms with Crippen molar-refractivity contribution in [3.05, 3.63) is 106 Å². The van der Waals surface area contributed by atoms with Crippen molar-refractivity contribution in [3.8, 4) is 16.3 Å². The molecule has 0 spiro atoms. The zero-order valence-electron chi connectivity index (χ0n) is 19.7. The van der Waals surface area contributed by atoms with Gasteiger partial charge in [0.25, 0.3) is 11.5 Å². The number of hydrogen-bond donors (Lipinski definition) is 0. The number of aromatic nitrogens is 5. The van der Waals surface area contributed by atoms with E-state index in [9.17, 15) is 9.59 Å². The first-order chi connectivity index (χ1) is 17.5. The zero-order chi connectivity index (χ0) is 24.8. The Morgan fingerprint density at radius 3 is 2.64 bits per heavy atom. The molecule has 0 radical (unpaired) electrons. The molecule has 0 aliphatic carbocycles. The summed E-state index contributed by atoms with van der Waals surface area (Å²) in [6.45, 7) is 0.356. The molecular weight excluding hydrogens is 472 g/mol. The quantitative estimate of drug-likeness (QED) is 0.357. The van der Waals surface area contributed by atoms with Crippen molar-refractivity contribution >= 4 is 33.9 Å². The second-order valence-electron chi connectivity index (χ2n) is 8.59. The molecule has 0 bridgehead atoms. The predicted octanol–water partition coefficient (Wildman–Crippen LogP) is 4.37. The van der Waals surface area contributed by atoms with Crippen LogP contribution in [-0.4, -0.2) is 41.6 Å². The fraction of sp³-hybridized carbons (Fsp3) is 0.111. The fourth-order valence-corrected chi connectivity index (χ4v) is 5.15. The molecule has 1 amide bonds. The third-order valence-electron chi connectivity index (χ3n) is 6.25. The Bertz CT molecular complexity index is 1780. The van der Waals surface area contributed by atoms with Crippen LogP contribution >= 0.6 is 11.3 Å². The number of hydrogen-bond acceptors (Lipinski definition) is 5. The second-order valence-corrected chi connectivity index (χ2v) is 9.54. The van der Waals surface area contributed by atoms with Crippen LogP contribution in [0.1, 0.15) is 16.1 Å². The Morgan fingerprint density at radius 2 is 1.86 bits per heavy atom. The number of amides is 1. The summed E-state index contributed by atoms with van der Waals surface area (Å²) in [7, 11) is 3.52. The van der Waals surface area contributed by atoms with E-state index in [0.717, 1.165) is 21.8 Å². The summed E-state index contributed by atoms with van der Waals surface area (Å²) in [6, 6.07) is 20.9. The van der Waals surface area contributed by atoms with Gasteiger partial charge in [0, 0.05) is 38.6 Å². The maximum absolute atomic E-state index is 13.6. The molecule has 5 heterocycles. The molecule has 6 aromatic rings. The number of benzene rings is 1. The lowest BCUT2D eigenvalue weighted by molar-refractivity contribution is 0.0776. The summed E-state index contributed by atoms with van der Waals surface area (Å²) in [5.74, 6) is -0.200. The van der Waals surface area contributed by atoms with Gasteiger partial charge in [-0.15, -0.1) is 11.3 Å². The molecule has 8 nitrogen and oxygen atoms in total. The van der Waals surface area contributed by atoms with E-state index in [4.69, 9.17) is 5.10 Å². The van der Waals surface area contributed by atoms with Gasteiger partial charge in [-0.05, 0) is 41.8 Å². The summed E-state index contributed by atoms with van der Waals surface area (Å²) in [5, 5.41) is 7.26. The SMILES string of the molecule is CN(Cc1cn(-c2ccccc2)nc1-c1cccs1)C(=O)c1cc2c(=O)n3ccccc3nc2n1C. The Kier molecular flexibility index (Phi) is 5.26. The summed E-state index contributed by atoms with van der Waals surface area (Å²) in [5.41, 5.74) is 3.95. The van der Waals surface area contributed by atoms with Crippen molar-refractivity contribution in [3.63, 3.8) is 0 Å².